The molecule has 3 heterocycles. The van der Waals surface area contributed by atoms with E-state index in [0.29, 0.717) is 0 Å². The molecule has 0 atom stereocenters. The number of nitrogens with one attached hydrogen (secondary N) is 1. The highest BCUT2D eigenvalue weighted by Crippen LogP contribution is 2.29. The van der Waals surface area contributed by atoms with Crippen LogP contribution >= 0.6 is 0 Å². The van der Waals surface area contributed by atoms with Crippen LogP contribution < -0.4 is 10.1 Å². The molecule has 0 fully saturated rings. The Hall–Kier alpha value is -2.27. The smallest absolute Gasteiger partial charge is 0.121 e. The molecule has 0 radical (unpaired) electrons. The fourth-order valence-electron chi connectivity index (χ4n) is 3.85. The van der Waals surface area contributed by atoms with Gasteiger partial charge in [-0.05, 0) is 43.9 Å². The minimum Gasteiger partial charge on any atom is -0.494 e. The molecular formula is C21H28N4O. The maximum absolute atomic E-state index is 5.95. The van der Waals surface area contributed by atoms with Crippen LogP contribution in [0.4, 0.5) is 5.69 Å². The van der Waals surface area contributed by atoms with E-state index in [2.05, 4.69) is 46.3 Å². The lowest BCUT2D eigenvalue weighted by Crippen LogP contribution is -2.31. The molecule has 26 heavy (non-hydrogen) atoms. The van der Waals surface area contributed by atoms with Crippen LogP contribution in [0.3, 0.4) is 0 Å². The fraction of sp³-hybridized carbons (Fsp3) is 0.476. The van der Waals surface area contributed by atoms with E-state index in [4.69, 9.17) is 4.74 Å². The van der Waals surface area contributed by atoms with Crippen molar-refractivity contribution in [2.45, 2.75) is 38.6 Å². The number of anilines is 1. The highest BCUT2D eigenvalue weighted by atomic mass is 16.5. The average Bonchev–Trinajstić information content (AvgIpc) is 3.00. The van der Waals surface area contributed by atoms with Crippen LogP contribution in [-0.4, -0.2) is 34.4 Å². The number of nitrogens with zero attached hydrogens (tertiary/aromatic N) is 3. The number of unbranched alkanes of at least 4 members (excludes halogenated alkanes) is 1. The quantitative estimate of drug-likeness (QED) is 0.808. The van der Waals surface area contributed by atoms with Crippen molar-refractivity contribution in [2.24, 2.45) is 7.05 Å². The zero-order valence-corrected chi connectivity index (χ0v) is 15.6. The molecule has 2 aromatic rings. The van der Waals surface area contributed by atoms with Gasteiger partial charge in [0.05, 0.1) is 12.3 Å². The zero-order chi connectivity index (χ0) is 17.9. The minimum atomic E-state index is 0.770. The van der Waals surface area contributed by atoms with Gasteiger partial charge in [0.25, 0.3) is 0 Å². The maximum Gasteiger partial charge on any atom is 0.121 e. The molecule has 0 saturated carbocycles. The summed E-state index contributed by atoms with van der Waals surface area (Å²) in [5.74, 6) is 0.948. The van der Waals surface area contributed by atoms with Crippen LogP contribution in [0.5, 0.6) is 5.75 Å². The maximum atomic E-state index is 5.95. The number of benzene rings is 1. The standard InChI is InChI=1S/C21H28N4O/c1-16-5-6-17-7-8-19(13-21(17)22-16)26-12-4-3-10-25-11-9-20-18(15-25)14-24(2)23-20/h7-8,13-14,22H,1,3-6,9-12,15H2,2H3. The Morgan fingerprint density at radius 1 is 1.19 bits per heavy atom. The van der Waals surface area contributed by atoms with E-state index in [9.17, 15) is 0 Å². The van der Waals surface area contributed by atoms with Crippen molar-refractivity contribution in [3.8, 4) is 5.75 Å². The SMILES string of the molecule is C=C1CCc2ccc(OCCCCN3CCc4nn(C)cc4C3)cc2N1. The fourth-order valence-corrected chi connectivity index (χ4v) is 3.85. The van der Waals surface area contributed by atoms with Crippen molar-refractivity contribution in [3.05, 3.63) is 53.5 Å². The minimum absolute atomic E-state index is 0.770. The Morgan fingerprint density at radius 3 is 3.04 bits per heavy atom. The second-order valence-electron chi connectivity index (χ2n) is 7.40. The van der Waals surface area contributed by atoms with Gasteiger partial charge in [0.15, 0.2) is 0 Å². The first-order valence-electron chi connectivity index (χ1n) is 9.61. The molecule has 5 heteroatoms. The van der Waals surface area contributed by atoms with Gasteiger partial charge in [-0.25, -0.2) is 0 Å². The summed E-state index contributed by atoms with van der Waals surface area (Å²) >= 11 is 0. The van der Waals surface area contributed by atoms with Crippen molar-refractivity contribution in [3.63, 3.8) is 0 Å². The first-order chi connectivity index (χ1) is 12.7. The molecule has 0 unspecified atom stereocenters. The Bertz CT molecular complexity index is 795. The van der Waals surface area contributed by atoms with Crippen LogP contribution in [0.1, 0.15) is 36.1 Å². The molecule has 1 aromatic carbocycles. The van der Waals surface area contributed by atoms with Crippen LogP contribution in [0.2, 0.25) is 0 Å². The van der Waals surface area contributed by atoms with E-state index in [0.717, 1.165) is 75.5 Å². The van der Waals surface area contributed by atoms with Gasteiger partial charge in [-0.1, -0.05) is 12.6 Å². The van der Waals surface area contributed by atoms with Crippen molar-refractivity contribution in [1.82, 2.24) is 14.7 Å². The van der Waals surface area contributed by atoms with Gasteiger partial charge in [-0.2, -0.15) is 5.10 Å². The number of ether oxygens (including phenoxy) is 1. The molecule has 5 nitrogen and oxygen atoms in total. The molecule has 0 amide bonds. The van der Waals surface area contributed by atoms with Crippen LogP contribution in [-0.2, 0) is 26.4 Å². The van der Waals surface area contributed by atoms with E-state index >= 15 is 0 Å². The lowest BCUT2D eigenvalue weighted by Gasteiger charge is -2.25. The molecule has 0 aliphatic carbocycles. The third-order valence-corrected chi connectivity index (χ3v) is 5.28. The summed E-state index contributed by atoms with van der Waals surface area (Å²) in [6.07, 6.45) is 7.55. The lowest BCUT2D eigenvalue weighted by molar-refractivity contribution is 0.234. The number of allylic oxidation sites excluding steroid dienone is 1. The molecule has 4 rings (SSSR count). The summed E-state index contributed by atoms with van der Waals surface area (Å²) < 4.78 is 7.89. The first-order valence-corrected chi connectivity index (χ1v) is 9.61. The van der Waals surface area contributed by atoms with Gasteiger partial charge in [0, 0.05) is 55.8 Å². The van der Waals surface area contributed by atoms with Crippen molar-refractivity contribution in [1.29, 1.82) is 0 Å². The van der Waals surface area contributed by atoms with Gasteiger partial charge < -0.3 is 10.1 Å². The highest BCUT2D eigenvalue weighted by molar-refractivity contribution is 5.60. The summed E-state index contributed by atoms with van der Waals surface area (Å²) in [6.45, 7) is 8.07. The number of aromatic nitrogens is 2. The summed E-state index contributed by atoms with van der Waals surface area (Å²) in [7, 11) is 2.01. The van der Waals surface area contributed by atoms with E-state index in [1.165, 1.54) is 16.8 Å². The van der Waals surface area contributed by atoms with Crippen molar-refractivity contribution >= 4 is 5.69 Å². The molecule has 2 aliphatic rings. The average molecular weight is 352 g/mol. The molecule has 1 aromatic heterocycles. The van der Waals surface area contributed by atoms with Gasteiger partial charge in [0.2, 0.25) is 0 Å². The zero-order valence-electron chi connectivity index (χ0n) is 15.6. The van der Waals surface area contributed by atoms with Crippen LogP contribution in [0.25, 0.3) is 0 Å². The number of hydrogen-bond acceptors (Lipinski definition) is 4. The molecule has 0 bridgehead atoms. The second kappa shape index (κ2) is 7.54. The van der Waals surface area contributed by atoms with Crippen LogP contribution in [0.15, 0.2) is 36.7 Å². The molecular weight excluding hydrogens is 324 g/mol. The Kier molecular flexibility index (Phi) is 4.98. The molecule has 0 spiro atoms. The van der Waals surface area contributed by atoms with Crippen molar-refractivity contribution in [2.75, 3.05) is 25.0 Å². The van der Waals surface area contributed by atoms with E-state index < -0.39 is 0 Å². The molecule has 138 valence electrons. The summed E-state index contributed by atoms with van der Waals surface area (Å²) in [4.78, 5) is 2.53. The third kappa shape index (κ3) is 3.93. The number of fused-ring (bicyclic) bond motifs is 2. The van der Waals surface area contributed by atoms with E-state index in [1.54, 1.807) is 0 Å². The monoisotopic (exact) mass is 352 g/mol. The van der Waals surface area contributed by atoms with Gasteiger partial charge in [0.1, 0.15) is 5.75 Å². The van der Waals surface area contributed by atoms with E-state index in [1.807, 2.05) is 11.7 Å². The van der Waals surface area contributed by atoms with Crippen molar-refractivity contribution < 1.29 is 4.74 Å². The number of hydrogen-bond donors (Lipinski definition) is 1. The Balaban J connectivity index is 1.19. The second-order valence-corrected chi connectivity index (χ2v) is 7.40. The van der Waals surface area contributed by atoms with Gasteiger partial charge >= 0.3 is 0 Å². The first kappa shape index (κ1) is 17.2. The number of rotatable bonds is 6. The predicted molar refractivity (Wildman–Crippen MR) is 104 cm³/mol. The van der Waals surface area contributed by atoms with Crippen LogP contribution in [0, 0.1) is 0 Å². The number of aryl methyl sites for hydroxylation is 2. The third-order valence-electron chi connectivity index (χ3n) is 5.28. The summed E-state index contributed by atoms with van der Waals surface area (Å²) in [5, 5.41) is 7.89. The molecule has 1 N–H and O–H groups in total. The van der Waals surface area contributed by atoms with Gasteiger partial charge in [-0.3, -0.25) is 9.58 Å². The summed E-state index contributed by atoms with van der Waals surface area (Å²) in [5.41, 5.74) is 6.26. The normalized spacial score (nSPS) is 16.7. The summed E-state index contributed by atoms with van der Waals surface area (Å²) in [6, 6.07) is 6.36. The van der Waals surface area contributed by atoms with Gasteiger partial charge in [-0.15, -0.1) is 0 Å². The Morgan fingerprint density at radius 2 is 2.12 bits per heavy atom. The topological polar surface area (TPSA) is 42.3 Å². The molecule has 2 aliphatic heterocycles. The highest BCUT2D eigenvalue weighted by Gasteiger charge is 2.18. The van der Waals surface area contributed by atoms with E-state index in [-0.39, 0.29) is 0 Å². The lowest BCUT2D eigenvalue weighted by atomic mass is 10.0. The Labute approximate surface area is 155 Å². The predicted octanol–water partition coefficient (Wildman–Crippen LogP) is 3.51. The largest absolute Gasteiger partial charge is 0.494 e. The molecule has 0 saturated heterocycles.